The fourth-order valence-electron chi connectivity index (χ4n) is 2.92. The number of hydrogen-bond acceptors (Lipinski definition) is 4. The standard InChI is InChI=1S/C18H15BrN2O2S/c1-2-5-15-20-17-16(12-6-3-4-7-13(12)24-17)18(22)21(15)10-11-8-9-14(19)23-11/h3-4,6-9H,2,5,10H2,1H3. The second-order valence-electron chi connectivity index (χ2n) is 5.65. The molecule has 3 aromatic heterocycles. The maximum Gasteiger partial charge on any atom is 0.263 e. The topological polar surface area (TPSA) is 48.0 Å². The molecular weight excluding hydrogens is 388 g/mol. The molecule has 4 aromatic rings. The minimum atomic E-state index is 0.00780. The van der Waals surface area contributed by atoms with Crippen LogP contribution in [-0.2, 0) is 13.0 Å². The number of furan rings is 1. The molecule has 24 heavy (non-hydrogen) atoms. The average Bonchev–Trinajstić information content (AvgIpc) is 3.14. The molecule has 0 amide bonds. The molecule has 0 radical (unpaired) electrons. The zero-order valence-corrected chi connectivity index (χ0v) is 15.5. The third-order valence-electron chi connectivity index (χ3n) is 3.99. The first kappa shape index (κ1) is 15.6. The van der Waals surface area contributed by atoms with Crippen molar-refractivity contribution in [2.45, 2.75) is 26.3 Å². The molecule has 0 fully saturated rings. The zero-order chi connectivity index (χ0) is 16.7. The lowest BCUT2D eigenvalue weighted by molar-refractivity contribution is 0.465. The first-order chi connectivity index (χ1) is 11.7. The quantitative estimate of drug-likeness (QED) is 0.484. The van der Waals surface area contributed by atoms with Crippen LogP contribution in [0.2, 0.25) is 0 Å². The highest BCUT2D eigenvalue weighted by Gasteiger charge is 2.16. The van der Waals surface area contributed by atoms with Gasteiger partial charge in [-0.25, -0.2) is 4.98 Å². The summed E-state index contributed by atoms with van der Waals surface area (Å²) in [7, 11) is 0. The van der Waals surface area contributed by atoms with Crippen LogP contribution in [-0.4, -0.2) is 9.55 Å². The van der Waals surface area contributed by atoms with Gasteiger partial charge >= 0.3 is 0 Å². The van der Waals surface area contributed by atoms with Crippen LogP contribution < -0.4 is 5.56 Å². The molecule has 0 unspecified atom stereocenters. The van der Waals surface area contributed by atoms with Crippen LogP contribution in [0, 0.1) is 0 Å². The molecule has 122 valence electrons. The highest BCUT2D eigenvalue weighted by molar-refractivity contribution is 9.10. The van der Waals surface area contributed by atoms with Gasteiger partial charge in [-0.3, -0.25) is 9.36 Å². The molecule has 0 saturated carbocycles. The Kier molecular flexibility index (Phi) is 4.02. The highest BCUT2D eigenvalue weighted by Crippen LogP contribution is 2.30. The van der Waals surface area contributed by atoms with Crippen molar-refractivity contribution in [1.29, 1.82) is 0 Å². The number of hydrogen-bond donors (Lipinski definition) is 0. The molecule has 0 bridgehead atoms. The van der Waals surface area contributed by atoms with E-state index < -0.39 is 0 Å². The average molecular weight is 403 g/mol. The predicted octanol–water partition coefficient (Wildman–Crippen LogP) is 4.97. The van der Waals surface area contributed by atoms with Gasteiger partial charge in [0.1, 0.15) is 16.4 Å². The second-order valence-corrected chi connectivity index (χ2v) is 7.47. The number of thiophene rings is 1. The molecule has 6 heteroatoms. The fourth-order valence-corrected chi connectivity index (χ4v) is 4.34. The smallest absolute Gasteiger partial charge is 0.263 e. The number of halogens is 1. The Hall–Kier alpha value is -1.92. The lowest BCUT2D eigenvalue weighted by Crippen LogP contribution is -2.25. The monoisotopic (exact) mass is 402 g/mol. The second kappa shape index (κ2) is 6.18. The Morgan fingerprint density at radius 3 is 2.83 bits per heavy atom. The lowest BCUT2D eigenvalue weighted by Gasteiger charge is -2.10. The van der Waals surface area contributed by atoms with Crippen molar-refractivity contribution in [3.63, 3.8) is 0 Å². The minimum absolute atomic E-state index is 0.00780. The first-order valence-corrected chi connectivity index (χ1v) is 9.43. The molecule has 0 spiro atoms. The van der Waals surface area contributed by atoms with Gasteiger partial charge in [0.25, 0.3) is 5.56 Å². The number of aromatic nitrogens is 2. The number of rotatable bonds is 4. The van der Waals surface area contributed by atoms with Gasteiger partial charge in [-0.1, -0.05) is 25.1 Å². The van der Waals surface area contributed by atoms with E-state index in [1.54, 1.807) is 15.9 Å². The summed E-state index contributed by atoms with van der Waals surface area (Å²) in [5, 5.41) is 1.69. The van der Waals surface area contributed by atoms with Gasteiger partial charge < -0.3 is 4.42 Å². The van der Waals surface area contributed by atoms with Crippen molar-refractivity contribution in [2.24, 2.45) is 0 Å². The largest absolute Gasteiger partial charge is 0.452 e. The van der Waals surface area contributed by atoms with Crippen LogP contribution in [0.25, 0.3) is 20.3 Å². The molecule has 3 heterocycles. The summed E-state index contributed by atoms with van der Waals surface area (Å²) < 4.78 is 9.09. The van der Waals surface area contributed by atoms with Gasteiger partial charge in [-0.2, -0.15) is 0 Å². The number of fused-ring (bicyclic) bond motifs is 3. The van der Waals surface area contributed by atoms with E-state index in [4.69, 9.17) is 9.40 Å². The van der Waals surface area contributed by atoms with Crippen LogP contribution in [0.1, 0.15) is 24.9 Å². The normalized spacial score (nSPS) is 11.6. The molecular formula is C18H15BrN2O2S. The summed E-state index contributed by atoms with van der Waals surface area (Å²) in [4.78, 5) is 18.8. The highest BCUT2D eigenvalue weighted by atomic mass is 79.9. The molecule has 0 N–H and O–H groups in total. The van der Waals surface area contributed by atoms with Crippen LogP contribution in [0.3, 0.4) is 0 Å². The Labute approximate surface area is 150 Å². The SMILES string of the molecule is CCCc1nc2sc3ccccc3c2c(=O)n1Cc1ccc(Br)o1. The summed E-state index contributed by atoms with van der Waals surface area (Å²) in [6.07, 6.45) is 1.70. The van der Waals surface area contributed by atoms with E-state index in [0.29, 0.717) is 16.6 Å². The maximum absolute atomic E-state index is 13.2. The van der Waals surface area contributed by atoms with Gasteiger partial charge in [-0.05, 0) is 40.5 Å². The lowest BCUT2D eigenvalue weighted by atomic mass is 10.2. The fraction of sp³-hybridized carbons (Fsp3) is 0.222. The van der Waals surface area contributed by atoms with Gasteiger partial charge in [0.15, 0.2) is 4.67 Å². The summed E-state index contributed by atoms with van der Waals surface area (Å²) >= 11 is 4.89. The van der Waals surface area contributed by atoms with E-state index in [2.05, 4.69) is 22.9 Å². The third-order valence-corrected chi connectivity index (χ3v) is 5.49. The molecule has 0 aliphatic rings. The molecule has 0 atom stereocenters. The van der Waals surface area contributed by atoms with Crippen LogP contribution >= 0.6 is 27.3 Å². The Balaban J connectivity index is 1.98. The Morgan fingerprint density at radius 2 is 2.08 bits per heavy atom. The number of aryl methyl sites for hydroxylation is 1. The summed E-state index contributed by atoms with van der Waals surface area (Å²) in [6.45, 7) is 2.49. The van der Waals surface area contributed by atoms with Crippen molar-refractivity contribution in [3.05, 3.63) is 63.0 Å². The van der Waals surface area contributed by atoms with Crippen molar-refractivity contribution in [2.75, 3.05) is 0 Å². The number of benzene rings is 1. The molecule has 1 aromatic carbocycles. The molecule has 0 aliphatic heterocycles. The van der Waals surface area contributed by atoms with Crippen LogP contribution in [0.15, 0.2) is 50.3 Å². The van der Waals surface area contributed by atoms with Gasteiger partial charge in [-0.15, -0.1) is 11.3 Å². The van der Waals surface area contributed by atoms with Crippen molar-refractivity contribution >= 4 is 47.6 Å². The van der Waals surface area contributed by atoms with Gasteiger partial charge in [0.2, 0.25) is 0 Å². The van der Waals surface area contributed by atoms with Gasteiger partial charge in [0, 0.05) is 16.5 Å². The minimum Gasteiger partial charge on any atom is -0.452 e. The first-order valence-electron chi connectivity index (χ1n) is 7.82. The predicted molar refractivity (Wildman–Crippen MR) is 101 cm³/mol. The third kappa shape index (κ3) is 2.59. The molecule has 0 aliphatic carbocycles. The summed E-state index contributed by atoms with van der Waals surface area (Å²) in [6, 6.07) is 11.7. The van der Waals surface area contributed by atoms with E-state index >= 15 is 0 Å². The number of nitrogens with zero attached hydrogens (tertiary/aromatic N) is 2. The van der Waals surface area contributed by atoms with E-state index in [-0.39, 0.29) is 5.56 Å². The Bertz CT molecular complexity index is 1090. The maximum atomic E-state index is 13.2. The van der Waals surface area contributed by atoms with E-state index in [1.807, 2.05) is 36.4 Å². The summed E-state index contributed by atoms with van der Waals surface area (Å²) in [5.74, 6) is 1.55. The van der Waals surface area contributed by atoms with E-state index in [1.165, 1.54) is 0 Å². The van der Waals surface area contributed by atoms with Crippen molar-refractivity contribution in [1.82, 2.24) is 9.55 Å². The van der Waals surface area contributed by atoms with Crippen LogP contribution in [0.5, 0.6) is 0 Å². The van der Waals surface area contributed by atoms with E-state index in [0.717, 1.165) is 39.3 Å². The van der Waals surface area contributed by atoms with Gasteiger partial charge in [0.05, 0.1) is 11.9 Å². The van der Waals surface area contributed by atoms with Crippen molar-refractivity contribution < 1.29 is 4.42 Å². The van der Waals surface area contributed by atoms with E-state index in [9.17, 15) is 4.79 Å². The molecule has 4 rings (SSSR count). The zero-order valence-electron chi connectivity index (χ0n) is 13.1. The molecule has 0 saturated heterocycles. The van der Waals surface area contributed by atoms with Crippen LogP contribution in [0.4, 0.5) is 0 Å². The Morgan fingerprint density at radius 1 is 1.25 bits per heavy atom. The van der Waals surface area contributed by atoms with Crippen molar-refractivity contribution in [3.8, 4) is 0 Å². The molecule has 4 nitrogen and oxygen atoms in total. The summed E-state index contributed by atoms with van der Waals surface area (Å²) in [5.41, 5.74) is 0.00780.